The predicted molar refractivity (Wildman–Crippen MR) is 123 cm³/mol. The molecular weight excluding hydrogens is 358 g/mol. The van der Waals surface area contributed by atoms with Crippen molar-refractivity contribution in [3.63, 3.8) is 0 Å². The topological polar surface area (TPSA) is 52.2 Å². The standard InChI is InChI=1S/C26H37NO2/c1-2-3-4-5-6-7-8-9-10-11-12-13-14-15-16-17-18-22-26(29)27-24-20-19-21-25(28)23-24/h6-7,9-10,12-13,15-16,19-21,23,28H,2-5,8,11,14,17-18,22H2,1H3,(H,27,29)/p-1/b7-6+,10-9+,13-12+,16-15+. The van der Waals surface area contributed by atoms with Gasteiger partial charge in [0, 0.05) is 12.1 Å². The first-order chi connectivity index (χ1) is 14.2. The maximum Gasteiger partial charge on any atom is 0.224 e. The van der Waals surface area contributed by atoms with Crippen LogP contribution in [-0.2, 0) is 4.79 Å². The number of allylic oxidation sites excluding steroid dienone is 8. The maximum atomic E-state index is 11.8. The number of anilines is 1. The number of benzene rings is 1. The van der Waals surface area contributed by atoms with E-state index in [-0.39, 0.29) is 11.7 Å². The van der Waals surface area contributed by atoms with Gasteiger partial charge in [-0.25, -0.2) is 0 Å². The molecule has 1 aromatic rings. The molecule has 0 bridgehead atoms. The van der Waals surface area contributed by atoms with Crippen LogP contribution in [0.1, 0.15) is 71.1 Å². The maximum absolute atomic E-state index is 11.8. The van der Waals surface area contributed by atoms with Gasteiger partial charge in [0.1, 0.15) is 0 Å². The molecule has 0 aliphatic rings. The molecule has 3 heteroatoms. The SMILES string of the molecule is CCCCC/C=C/C/C=C/C/C=C/C/C=C/CCCC(=O)Nc1cccc([O-])c1. The zero-order valence-electron chi connectivity index (χ0n) is 17.8. The van der Waals surface area contributed by atoms with Crippen molar-refractivity contribution in [2.45, 2.75) is 71.1 Å². The van der Waals surface area contributed by atoms with Crippen molar-refractivity contribution in [3.8, 4) is 5.75 Å². The van der Waals surface area contributed by atoms with Gasteiger partial charge in [-0.15, -0.1) is 5.75 Å². The highest BCUT2D eigenvalue weighted by atomic mass is 16.3. The number of carbonyl (C=O) groups is 1. The third-order valence-corrected chi connectivity index (χ3v) is 4.35. The van der Waals surface area contributed by atoms with Crippen LogP contribution in [0.5, 0.6) is 5.75 Å². The third-order valence-electron chi connectivity index (χ3n) is 4.35. The molecule has 3 nitrogen and oxygen atoms in total. The Morgan fingerprint density at radius 1 is 0.862 bits per heavy atom. The average Bonchev–Trinajstić information content (AvgIpc) is 2.70. The van der Waals surface area contributed by atoms with Crippen molar-refractivity contribution < 1.29 is 9.90 Å². The molecule has 1 aromatic carbocycles. The van der Waals surface area contributed by atoms with Crippen molar-refractivity contribution in [2.24, 2.45) is 0 Å². The van der Waals surface area contributed by atoms with E-state index in [4.69, 9.17) is 0 Å². The summed E-state index contributed by atoms with van der Waals surface area (Å²) in [5.41, 5.74) is 0.570. The van der Waals surface area contributed by atoms with Crippen LogP contribution in [0.25, 0.3) is 0 Å². The number of hydrogen-bond acceptors (Lipinski definition) is 2. The summed E-state index contributed by atoms with van der Waals surface area (Å²) in [5, 5.41) is 14.0. The van der Waals surface area contributed by atoms with Crippen molar-refractivity contribution in [1.29, 1.82) is 0 Å². The summed E-state index contributed by atoms with van der Waals surface area (Å²) in [5.74, 6) is -0.143. The Kier molecular flexibility index (Phi) is 14.8. The Bertz CT molecular complexity index is 671. The highest BCUT2D eigenvalue weighted by Crippen LogP contribution is 2.13. The van der Waals surface area contributed by atoms with Crippen molar-refractivity contribution in [2.75, 3.05) is 5.32 Å². The second-order valence-electron chi connectivity index (χ2n) is 7.06. The molecule has 1 rings (SSSR count). The van der Waals surface area contributed by atoms with Crippen LogP contribution in [0.4, 0.5) is 5.69 Å². The van der Waals surface area contributed by atoms with Gasteiger partial charge in [0.15, 0.2) is 0 Å². The van der Waals surface area contributed by atoms with E-state index in [1.807, 2.05) is 0 Å². The van der Waals surface area contributed by atoms with E-state index in [1.54, 1.807) is 12.1 Å². The molecule has 0 heterocycles. The average molecular weight is 395 g/mol. The summed E-state index contributed by atoms with van der Waals surface area (Å²) in [6.07, 6.45) is 27.8. The fourth-order valence-corrected chi connectivity index (χ4v) is 2.74. The van der Waals surface area contributed by atoms with Crippen LogP contribution in [0, 0.1) is 0 Å². The fourth-order valence-electron chi connectivity index (χ4n) is 2.74. The lowest BCUT2D eigenvalue weighted by molar-refractivity contribution is -0.268. The molecule has 0 radical (unpaired) electrons. The molecule has 0 spiro atoms. The van der Waals surface area contributed by atoms with Crippen LogP contribution in [0.2, 0.25) is 0 Å². The Hall–Kier alpha value is -2.55. The highest BCUT2D eigenvalue weighted by molar-refractivity contribution is 5.90. The van der Waals surface area contributed by atoms with E-state index in [2.05, 4.69) is 60.8 Å². The summed E-state index contributed by atoms with van der Waals surface area (Å²) in [4.78, 5) is 11.8. The molecule has 29 heavy (non-hydrogen) atoms. The Morgan fingerprint density at radius 3 is 2.03 bits per heavy atom. The van der Waals surface area contributed by atoms with Gasteiger partial charge >= 0.3 is 0 Å². The summed E-state index contributed by atoms with van der Waals surface area (Å²) in [7, 11) is 0. The van der Waals surface area contributed by atoms with Crippen molar-refractivity contribution in [1.82, 2.24) is 0 Å². The first-order valence-electron chi connectivity index (χ1n) is 10.9. The predicted octanol–water partition coefficient (Wildman–Crippen LogP) is 6.84. The van der Waals surface area contributed by atoms with Gasteiger partial charge in [0.05, 0.1) is 0 Å². The largest absolute Gasteiger partial charge is 0.872 e. The summed E-state index contributed by atoms with van der Waals surface area (Å²) >= 11 is 0. The Labute approximate surface area is 176 Å². The lowest BCUT2D eigenvalue weighted by Crippen LogP contribution is -2.11. The molecular formula is C26H36NO2-. The van der Waals surface area contributed by atoms with Gasteiger partial charge in [-0.2, -0.15) is 0 Å². The number of nitrogens with one attached hydrogen (secondary N) is 1. The van der Waals surface area contributed by atoms with E-state index in [0.29, 0.717) is 12.1 Å². The van der Waals surface area contributed by atoms with Crippen molar-refractivity contribution in [3.05, 3.63) is 72.9 Å². The number of unbranched alkanes of at least 4 members (excludes halogenated alkanes) is 4. The fraction of sp³-hybridized carbons (Fsp3) is 0.423. The summed E-state index contributed by atoms with van der Waals surface area (Å²) in [6.45, 7) is 2.23. The van der Waals surface area contributed by atoms with E-state index >= 15 is 0 Å². The van der Waals surface area contributed by atoms with E-state index in [0.717, 1.165) is 32.1 Å². The van der Waals surface area contributed by atoms with Crippen molar-refractivity contribution >= 4 is 11.6 Å². The highest BCUT2D eigenvalue weighted by Gasteiger charge is 2.00. The number of rotatable bonds is 15. The minimum absolute atomic E-state index is 0.0495. The number of amides is 1. The molecule has 0 atom stereocenters. The van der Waals surface area contributed by atoms with Gasteiger partial charge in [0.25, 0.3) is 0 Å². The van der Waals surface area contributed by atoms with E-state index < -0.39 is 0 Å². The van der Waals surface area contributed by atoms with Crippen LogP contribution < -0.4 is 10.4 Å². The summed E-state index contributed by atoms with van der Waals surface area (Å²) < 4.78 is 0. The summed E-state index contributed by atoms with van der Waals surface area (Å²) in [6, 6.07) is 6.28. The zero-order chi connectivity index (χ0) is 21.0. The zero-order valence-corrected chi connectivity index (χ0v) is 17.8. The Balaban J connectivity index is 1.99. The molecule has 0 unspecified atom stereocenters. The molecule has 0 aromatic heterocycles. The van der Waals surface area contributed by atoms with Crippen LogP contribution >= 0.6 is 0 Å². The second kappa shape index (κ2) is 17.5. The quantitative estimate of drug-likeness (QED) is 0.261. The Morgan fingerprint density at radius 2 is 1.45 bits per heavy atom. The molecule has 0 aliphatic carbocycles. The molecule has 0 saturated carbocycles. The minimum atomic E-state index is -0.0936. The van der Waals surface area contributed by atoms with Crippen LogP contribution in [-0.4, -0.2) is 5.91 Å². The molecule has 0 fully saturated rings. The van der Waals surface area contributed by atoms with E-state index in [9.17, 15) is 9.90 Å². The second-order valence-corrected chi connectivity index (χ2v) is 7.06. The number of carbonyl (C=O) groups excluding carboxylic acids is 1. The number of hydrogen-bond donors (Lipinski definition) is 1. The molecule has 1 amide bonds. The first-order valence-corrected chi connectivity index (χ1v) is 10.9. The third kappa shape index (κ3) is 15.1. The molecule has 0 aliphatic heterocycles. The lowest BCUT2D eigenvalue weighted by Gasteiger charge is -2.09. The normalized spacial score (nSPS) is 12.0. The smallest absolute Gasteiger partial charge is 0.224 e. The monoisotopic (exact) mass is 394 g/mol. The van der Waals surface area contributed by atoms with Gasteiger partial charge < -0.3 is 10.4 Å². The van der Waals surface area contributed by atoms with E-state index in [1.165, 1.54) is 37.8 Å². The molecule has 158 valence electrons. The lowest BCUT2D eigenvalue weighted by atomic mass is 10.2. The van der Waals surface area contributed by atoms with Gasteiger partial charge in [0.2, 0.25) is 5.91 Å². The van der Waals surface area contributed by atoms with Gasteiger partial charge in [-0.1, -0.05) is 80.5 Å². The molecule has 0 saturated heterocycles. The van der Waals surface area contributed by atoms with Crippen LogP contribution in [0.3, 0.4) is 0 Å². The van der Waals surface area contributed by atoms with Crippen LogP contribution in [0.15, 0.2) is 72.9 Å². The first kappa shape index (κ1) is 24.5. The van der Waals surface area contributed by atoms with Gasteiger partial charge in [-0.05, 0) is 57.1 Å². The van der Waals surface area contributed by atoms with Gasteiger partial charge in [-0.3, -0.25) is 4.79 Å². The minimum Gasteiger partial charge on any atom is -0.872 e. The molecule has 1 N–H and O–H groups in total.